The van der Waals surface area contributed by atoms with Crippen LogP contribution in [0.2, 0.25) is 0 Å². The average Bonchev–Trinajstić information content (AvgIpc) is 2.36. The Kier molecular flexibility index (Phi) is 8.07. The Labute approximate surface area is 118 Å². The van der Waals surface area contributed by atoms with Gasteiger partial charge < -0.3 is 16.0 Å². The van der Waals surface area contributed by atoms with Crippen LogP contribution in [0.1, 0.15) is 51.9 Å². The fourth-order valence-corrected chi connectivity index (χ4v) is 3.00. The third-order valence-corrected chi connectivity index (χ3v) is 4.04. The van der Waals surface area contributed by atoms with E-state index in [-0.39, 0.29) is 5.91 Å². The molecule has 0 saturated carbocycles. The monoisotopic (exact) mass is 269 g/mol. The zero-order valence-corrected chi connectivity index (χ0v) is 12.7. The van der Waals surface area contributed by atoms with Crippen molar-refractivity contribution in [2.75, 3.05) is 26.7 Å². The number of carbonyl (C=O) groups is 1. The summed E-state index contributed by atoms with van der Waals surface area (Å²) in [6, 6.07) is 0.352. The molecule has 0 aromatic carbocycles. The highest BCUT2D eigenvalue weighted by Gasteiger charge is 2.19. The first-order chi connectivity index (χ1) is 9.15. The molecule has 0 spiro atoms. The van der Waals surface area contributed by atoms with Crippen molar-refractivity contribution in [2.45, 2.75) is 57.9 Å². The summed E-state index contributed by atoms with van der Waals surface area (Å²) in [4.78, 5) is 14.3. The number of nitrogens with one attached hydrogen (secondary N) is 1. The predicted octanol–water partition coefficient (Wildman–Crippen LogP) is 1.74. The fraction of sp³-hybridized carbons (Fsp3) is 0.933. The summed E-state index contributed by atoms with van der Waals surface area (Å²) in [6.07, 6.45) is 7.37. The summed E-state index contributed by atoms with van der Waals surface area (Å²) in [7, 11) is 2.12. The molecule has 1 amide bonds. The Morgan fingerprint density at radius 3 is 2.84 bits per heavy atom. The number of piperidine rings is 1. The van der Waals surface area contributed by atoms with Crippen molar-refractivity contribution >= 4 is 5.91 Å². The Bertz CT molecular complexity index is 252. The predicted molar refractivity (Wildman–Crippen MR) is 80.0 cm³/mol. The van der Waals surface area contributed by atoms with Gasteiger partial charge in [0, 0.05) is 19.0 Å². The highest BCUT2D eigenvalue weighted by atomic mass is 16.1. The van der Waals surface area contributed by atoms with E-state index in [2.05, 4.69) is 24.2 Å². The van der Waals surface area contributed by atoms with Crippen LogP contribution in [0, 0.1) is 5.92 Å². The lowest BCUT2D eigenvalue weighted by Gasteiger charge is -2.30. The fourth-order valence-electron chi connectivity index (χ4n) is 3.00. The van der Waals surface area contributed by atoms with Gasteiger partial charge in [0.1, 0.15) is 0 Å². The van der Waals surface area contributed by atoms with Gasteiger partial charge >= 0.3 is 0 Å². The van der Waals surface area contributed by atoms with Crippen LogP contribution >= 0.6 is 0 Å². The Balaban J connectivity index is 2.22. The molecule has 0 aliphatic carbocycles. The number of amides is 1. The summed E-state index contributed by atoms with van der Waals surface area (Å²) in [6.45, 7) is 5.08. The molecule has 0 aromatic heterocycles. The molecule has 112 valence electrons. The topological polar surface area (TPSA) is 58.4 Å². The Hall–Kier alpha value is -0.610. The zero-order chi connectivity index (χ0) is 14.1. The van der Waals surface area contributed by atoms with Gasteiger partial charge in [-0.3, -0.25) is 4.79 Å². The Morgan fingerprint density at radius 1 is 1.42 bits per heavy atom. The lowest BCUT2D eigenvalue weighted by Crippen LogP contribution is -2.46. The zero-order valence-electron chi connectivity index (χ0n) is 12.7. The van der Waals surface area contributed by atoms with Crippen molar-refractivity contribution in [3.63, 3.8) is 0 Å². The van der Waals surface area contributed by atoms with E-state index in [9.17, 15) is 4.79 Å². The summed E-state index contributed by atoms with van der Waals surface area (Å²) in [5.41, 5.74) is 5.62. The van der Waals surface area contributed by atoms with Crippen LogP contribution in [-0.4, -0.2) is 43.5 Å². The molecular weight excluding hydrogens is 238 g/mol. The summed E-state index contributed by atoms with van der Waals surface area (Å²) in [5.74, 6) is 0.841. The van der Waals surface area contributed by atoms with Gasteiger partial charge in [-0.05, 0) is 51.7 Å². The summed E-state index contributed by atoms with van der Waals surface area (Å²) < 4.78 is 0. The van der Waals surface area contributed by atoms with Gasteiger partial charge in [-0.25, -0.2) is 0 Å². The van der Waals surface area contributed by atoms with Crippen molar-refractivity contribution in [1.82, 2.24) is 10.2 Å². The van der Waals surface area contributed by atoms with Gasteiger partial charge in [0.15, 0.2) is 0 Å². The lowest BCUT2D eigenvalue weighted by molar-refractivity contribution is -0.122. The van der Waals surface area contributed by atoms with E-state index in [0.717, 1.165) is 38.9 Å². The first kappa shape index (κ1) is 16.4. The number of likely N-dealkylation sites (N-methyl/N-ethyl adjacent to an activating group) is 1. The molecule has 1 aliphatic rings. The molecule has 0 radical (unpaired) electrons. The first-order valence-corrected chi connectivity index (χ1v) is 7.83. The van der Waals surface area contributed by atoms with E-state index >= 15 is 0 Å². The maximum atomic E-state index is 12.0. The quantitative estimate of drug-likeness (QED) is 0.706. The number of nitrogens with zero attached hydrogens (tertiary/aromatic N) is 1. The molecule has 0 bridgehead atoms. The number of nitrogens with two attached hydrogens (primary N) is 1. The van der Waals surface area contributed by atoms with Gasteiger partial charge in [-0.2, -0.15) is 0 Å². The van der Waals surface area contributed by atoms with Crippen molar-refractivity contribution in [3.8, 4) is 0 Å². The molecule has 4 heteroatoms. The second-order valence-electron chi connectivity index (χ2n) is 5.94. The Morgan fingerprint density at radius 2 is 2.21 bits per heavy atom. The van der Waals surface area contributed by atoms with Crippen LogP contribution in [0.25, 0.3) is 0 Å². The SMILES string of the molecule is CCCC(CCN)CCC(=O)NC1CCCN(C)C1. The van der Waals surface area contributed by atoms with Crippen LogP contribution < -0.4 is 11.1 Å². The van der Waals surface area contributed by atoms with Crippen LogP contribution in [0.5, 0.6) is 0 Å². The smallest absolute Gasteiger partial charge is 0.220 e. The minimum absolute atomic E-state index is 0.221. The molecular formula is C15H31N3O. The van der Waals surface area contributed by atoms with E-state index in [4.69, 9.17) is 5.73 Å². The van der Waals surface area contributed by atoms with Crippen LogP contribution in [0.3, 0.4) is 0 Å². The maximum absolute atomic E-state index is 12.0. The highest BCUT2D eigenvalue weighted by Crippen LogP contribution is 2.17. The minimum Gasteiger partial charge on any atom is -0.352 e. The molecule has 2 atom stereocenters. The molecule has 1 heterocycles. The average molecular weight is 269 g/mol. The first-order valence-electron chi connectivity index (χ1n) is 7.83. The summed E-state index contributed by atoms with van der Waals surface area (Å²) in [5, 5.41) is 3.18. The van der Waals surface area contributed by atoms with E-state index < -0.39 is 0 Å². The number of likely N-dealkylation sites (tertiary alicyclic amines) is 1. The molecule has 1 rings (SSSR count). The second-order valence-corrected chi connectivity index (χ2v) is 5.94. The van der Waals surface area contributed by atoms with Gasteiger partial charge in [-0.15, -0.1) is 0 Å². The van der Waals surface area contributed by atoms with E-state index in [0.29, 0.717) is 18.4 Å². The second kappa shape index (κ2) is 9.32. The van der Waals surface area contributed by atoms with Gasteiger partial charge in [0.05, 0.1) is 0 Å². The van der Waals surface area contributed by atoms with Crippen LogP contribution in [0.4, 0.5) is 0 Å². The maximum Gasteiger partial charge on any atom is 0.220 e. The molecule has 3 N–H and O–H groups in total. The van der Waals surface area contributed by atoms with Crippen molar-refractivity contribution in [2.24, 2.45) is 11.7 Å². The number of rotatable bonds is 8. The lowest BCUT2D eigenvalue weighted by atomic mass is 9.94. The molecule has 1 fully saturated rings. The molecule has 0 aromatic rings. The van der Waals surface area contributed by atoms with Gasteiger partial charge in [0.25, 0.3) is 0 Å². The highest BCUT2D eigenvalue weighted by molar-refractivity contribution is 5.76. The number of hydrogen-bond acceptors (Lipinski definition) is 3. The van der Waals surface area contributed by atoms with E-state index in [1.165, 1.54) is 19.3 Å². The number of carbonyl (C=O) groups excluding carboxylic acids is 1. The molecule has 19 heavy (non-hydrogen) atoms. The third kappa shape index (κ3) is 6.92. The largest absolute Gasteiger partial charge is 0.352 e. The van der Waals surface area contributed by atoms with E-state index in [1.54, 1.807) is 0 Å². The standard InChI is InChI=1S/C15H31N3O/c1-3-5-13(9-10-16)7-8-15(19)17-14-6-4-11-18(2)12-14/h13-14H,3-12,16H2,1-2H3,(H,17,19). The molecule has 2 unspecified atom stereocenters. The molecule has 1 saturated heterocycles. The number of hydrogen-bond donors (Lipinski definition) is 2. The molecule has 4 nitrogen and oxygen atoms in total. The molecule has 1 aliphatic heterocycles. The van der Waals surface area contributed by atoms with Gasteiger partial charge in [-0.1, -0.05) is 19.8 Å². The third-order valence-electron chi connectivity index (χ3n) is 4.04. The van der Waals surface area contributed by atoms with Crippen LogP contribution in [-0.2, 0) is 4.79 Å². The van der Waals surface area contributed by atoms with E-state index in [1.807, 2.05) is 0 Å². The minimum atomic E-state index is 0.221. The normalized spacial score (nSPS) is 22.2. The van der Waals surface area contributed by atoms with Crippen molar-refractivity contribution in [3.05, 3.63) is 0 Å². The van der Waals surface area contributed by atoms with Crippen molar-refractivity contribution < 1.29 is 4.79 Å². The van der Waals surface area contributed by atoms with Gasteiger partial charge in [0.2, 0.25) is 5.91 Å². The van der Waals surface area contributed by atoms with Crippen molar-refractivity contribution in [1.29, 1.82) is 0 Å². The summed E-state index contributed by atoms with van der Waals surface area (Å²) >= 11 is 0. The van der Waals surface area contributed by atoms with Crippen LogP contribution in [0.15, 0.2) is 0 Å².